The van der Waals surface area contributed by atoms with Gasteiger partial charge in [0.05, 0.1) is 6.42 Å². The Hall–Kier alpha value is -2.33. The van der Waals surface area contributed by atoms with Crippen LogP contribution in [0.25, 0.3) is 0 Å². The third-order valence-corrected chi connectivity index (χ3v) is 5.09. The molecule has 1 aliphatic rings. The first-order valence-electron chi connectivity index (χ1n) is 9.37. The van der Waals surface area contributed by atoms with Gasteiger partial charge in [-0.15, -0.1) is 0 Å². The molecule has 1 amide bonds. The zero-order valence-electron chi connectivity index (χ0n) is 15.7. The third-order valence-electron chi connectivity index (χ3n) is 5.09. The van der Waals surface area contributed by atoms with Crippen LogP contribution in [0.2, 0.25) is 0 Å². The van der Waals surface area contributed by atoms with Crippen LogP contribution < -0.4 is 10.1 Å². The van der Waals surface area contributed by atoms with Crippen molar-refractivity contribution < 1.29 is 9.53 Å². The molecule has 0 bridgehead atoms. The summed E-state index contributed by atoms with van der Waals surface area (Å²) in [6, 6.07) is 16.5. The van der Waals surface area contributed by atoms with Gasteiger partial charge < -0.3 is 15.0 Å². The summed E-state index contributed by atoms with van der Waals surface area (Å²) in [6.45, 7) is 4.30. The lowest BCUT2D eigenvalue weighted by Crippen LogP contribution is -2.47. The highest BCUT2D eigenvalue weighted by Crippen LogP contribution is 2.18. The van der Waals surface area contributed by atoms with E-state index in [4.69, 9.17) is 4.74 Å². The second kappa shape index (κ2) is 8.86. The van der Waals surface area contributed by atoms with E-state index in [9.17, 15) is 4.79 Å². The number of hydrogen-bond acceptors (Lipinski definition) is 3. The molecular formula is C22H28N2O2. The fourth-order valence-electron chi connectivity index (χ4n) is 3.40. The van der Waals surface area contributed by atoms with Gasteiger partial charge in [0.15, 0.2) is 0 Å². The molecular weight excluding hydrogens is 324 g/mol. The first-order valence-corrected chi connectivity index (χ1v) is 9.37. The Morgan fingerprint density at radius 1 is 1.23 bits per heavy atom. The van der Waals surface area contributed by atoms with E-state index in [1.165, 1.54) is 11.1 Å². The second-order valence-corrected chi connectivity index (χ2v) is 7.01. The van der Waals surface area contributed by atoms with E-state index < -0.39 is 0 Å². The lowest BCUT2D eigenvalue weighted by atomic mass is 10.0. The third kappa shape index (κ3) is 4.85. The Balaban J connectivity index is 1.58. The molecule has 1 saturated heterocycles. The molecule has 0 radical (unpaired) electrons. The predicted molar refractivity (Wildman–Crippen MR) is 104 cm³/mol. The van der Waals surface area contributed by atoms with Gasteiger partial charge in [-0.25, -0.2) is 0 Å². The summed E-state index contributed by atoms with van der Waals surface area (Å²) in [5.74, 6) is 1.01. The van der Waals surface area contributed by atoms with Crippen LogP contribution in [0.15, 0.2) is 48.5 Å². The quantitative estimate of drug-likeness (QED) is 0.867. The van der Waals surface area contributed by atoms with Gasteiger partial charge in [-0.1, -0.05) is 36.4 Å². The zero-order valence-corrected chi connectivity index (χ0v) is 15.7. The summed E-state index contributed by atoms with van der Waals surface area (Å²) >= 11 is 0. The van der Waals surface area contributed by atoms with Crippen molar-refractivity contribution in [3.05, 3.63) is 65.2 Å². The van der Waals surface area contributed by atoms with Gasteiger partial charge in [0.25, 0.3) is 0 Å². The average molecular weight is 352 g/mol. The first kappa shape index (κ1) is 18.5. The van der Waals surface area contributed by atoms with Gasteiger partial charge in [-0.05, 0) is 55.6 Å². The molecule has 0 aromatic heterocycles. The SMILES string of the molecule is CNC1CCCN(C(=O)Cc2cccc(OCc3ccccc3C)c2)C1. The van der Waals surface area contributed by atoms with Crippen molar-refractivity contribution in [1.29, 1.82) is 0 Å². The van der Waals surface area contributed by atoms with Crippen molar-refractivity contribution in [2.45, 2.75) is 38.8 Å². The van der Waals surface area contributed by atoms with E-state index in [2.05, 4.69) is 24.4 Å². The minimum Gasteiger partial charge on any atom is -0.489 e. The van der Waals surface area contributed by atoms with Crippen molar-refractivity contribution >= 4 is 5.91 Å². The van der Waals surface area contributed by atoms with Crippen LogP contribution in [0, 0.1) is 6.92 Å². The van der Waals surface area contributed by atoms with Crippen molar-refractivity contribution in [2.24, 2.45) is 0 Å². The zero-order chi connectivity index (χ0) is 18.4. The van der Waals surface area contributed by atoms with Gasteiger partial charge in [-0.2, -0.15) is 0 Å². The number of likely N-dealkylation sites (N-methyl/N-ethyl adjacent to an activating group) is 1. The first-order chi connectivity index (χ1) is 12.7. The molecule has 1 N–H and O–H groups in total. The Kier molecular flexibility index (Phi) is 6.29. The molecule has 2 aromatic carbocycles. The molecule has 2 aromatic rings. The monoisotopic (exact) mass is 352 g/mol. The molecule has 0 aliphatic carbocycles. The Morgan fingerprint density at radius 2 is 2.08 bits per heavy atom. The Bertz CT molecular complexity index is 744. The summed E-state index contributed by atoms with van der Waals surface area (Å²) in [7, 11) is 1.97. The van der Waals surface area contributed by atoms with E-state index in [1.807, 2.05) is 48.3 Å². The number of nitrogens with one attached hydrogen (secondary N) is 1. The van der Waals surface area contributed by atoms with E-state index in [-0.39, 0.29) is 5.91 Å². The van der Waals surface area contributed by atoms with Gasteiger partial charge in [0.2, 0.25) is 5.91 Å². The number of nitrogens with zero attached hydrogens (tertiary/aromatic N) is 1. The lowest BCUT2D eigenvalue weighted by molar-refractivity contribution is -0.131. The van der Waals surface area contributed by atoms with Gasteiger partial charge in [0.1, 0.15) is 12.4 Å². The van der Waals surface area contributed by atoms with Gasteiger partial charge in [-0.3, -0.25) is 4.79 Å². The molecule has 0 spiro atoms. The number of carbonyl (C=O) groups excluding carboxylic acids is 1. The van der Waals surface area contributed by atoms with Gasteiger partial charge in [0, 0.05) is 19.1 Å². The van der Waals surface area contributed by atoms with E-state index in [0.717, 1.165) is 37.2 Å². The molecule has 26 heavy (non-hydrogen) atoms. The Morgan fingerprint density at radius 3 is 2.88 bits per heavy atom. The average Bonchev–Trinajstić information content (AvgIpc) is 2.67. The maximum atomic E-state index is 12.6. The maximum Gasteiger partial charge on any atom is 0.227 e. The van der Waals surface area contributed by atoms with Gasteiger partial charge >= 0.3 is 0 Å². The van der Waals surface area contributed by atoms with Crippen molar-refractivity contribution in [3.63, 3.8) is 0 Å². The highest BCUT2D eigenvalue weighted by Gasteiger charge is 2.22. The molecule has 0 saturated carbocycles. The smallest absolute Gasteiger partial charge is 0.227 e. The molecule has 4 heteroatoms. The normalized spacial score (nSPS) is 17.2. The standard InChI is InChI=1S/C22H28N2O2/c1-17-7-3-4-9-19(17)16-26-21-11-5-8-18(13-21)14-22(25)24-12-6-10-20(15-24)23-2/h3-5,7-9,11,13,20,23H,6,10,12,14-16H2,1-2H3. The number of piperidine rings is 1. The topological polar surface area (TPSA) is 41.6 Å². The number of rotatable bonds is 6. The number of likely N-dealkylation sites (tertiary alicyclic amines) is 1. The van der Waals surface area contributed by atoms with Crippen LogP contribution >= 0.6 is 0 Å². The highest BCUT2D eigenvalue weighted by atomic mass is 16.5. The second-order valence-electron chi connectivity index (χ2n) is 7.01. The highest BCUT2D eigenvalue weighted by molar-refractivity contribution is 5.79. The largest absolute Gasteiger partial charge is 0.489 e. The lowest BCUT2D eigenvalue weighted by Gasteiger charge is -2.32. The van der Waals surface area contributed by atoms with Crippen molar-refractivity contribution in [2.75, 3.05) is 20.1 Å². The van der Waals surface area contributed by atoms with Crippen LogP contribution in [0.5, 0.6) is 5.75 Å². The predicted octanol–water partition coefficient (Wildman–Crippen LogP) is 3.33. The van der Waals surface area contributed by atoms with Crippen molar-refractivity contribution in [3.8, 4) is 5.75 Å². The molecule has 1 unspecified atom stereocenters. The maximum absolute atomic E-state index is 12.6. The van der Waals surface area contributed by atoms with E-state index >= 15 is 0 Å². The van der Waals surface area contributed by atoms with Crippen LogP contribution in [0.3, 0.4) is 0 Å². The number of hydrogen-bond donors (Lipinski definition) is 1. The minimum atomic E-state index is 0.195. The molecule has 4 nitrogen and oxygen atoms in total. The van der Waals surface area contributed by atoms with E-state index in [0.29, 0.717) is 19.1 Å². The van der Waals surface area contributed by atoms with Crippen LogP contribution in [-0.4, -0.2) is 37.0 Å². The number of carbonyl (C=O) groups is 1. The summed E-state index contributed by atoms with van der Waals surface area (Å²) in [6.07, 6.45) is 2.64. The summed E-state index contributed by atoms with van der Waals surface area (Å²) in [5, 5.41) is 3.28. The number of ether oxygens (including phenoxy) is 1. The molecule has 1 fully saturated rings. The molecule has 1 aliphatic heterocycles. The fraction of sp³-hybridized carbons (Fsp3) is 0.409. The molecule has 3 rings (SSSR count). The summed E-state index contributed by atoms with van der Waals surface area (Å²) in [5.41, 5.74) is 3.41. The summed E-state index contributed by atoms with van der Waals surface area (Å²) in [4.78, 5) is 14.6. The van der Waals surface area contributed by atoms with Crippen LogP contribution in [0.4, 0.5) is 0 Å². The van der Waals surface area contributed by atoms with Crippen LogP contribution in [0.1, 0.15) is 29.5 Å². The minimum absolute atomic E-state index is 0.195. The molecule has 138 valence electrons. The molecule has 1 atom stereocenters. The number of aryl methyl sites for hydroxylation is 1. The molecule has 1 heterocycles. The van der Waals surface area contributed by atoms with Crippen LogP contribution in [-0.2, 0) is 17.8 Å². The summed E-state index contributed by atoms with van der Waals surface area (Å²) < 4.78 is 5.94. The number of benzene rings is 2. The number of amides is 1. The fourth-order valence-corrected chi connectivity index (χ4v) is 3.40. The van der Waals surface area contributed by atoms with E-state index in [1.54, 1.807) is 0 Å². The van der Waals surface area contributed by atoms with Crippen molar-refractivity contribution in [1.82, 2.24) is 10.2 Å². The Labute approximate surface area is 156 Å².